The molecule has 20 heavy (non-hydrogen) atoms. The number of rotatable bonds is 5. The summed E-state index contributed by atoms with van der Waals surface area (Å²) in [6.45, 7) is 0. The van der Waals surface area contributed by atoms with Crippen LogP contribution in [0.3, 0.4) is 0 Å². The number of Topliss-reactive ketones (excluding diaryl/α,β-unsaturated/α-hetero) is 1. The van der Waals surface area contributed by atoms with Gasteiger partial charge in [-0.1, -0.05) is 42.1 Å². The zero-order valence-electron chi connectivity index (χ0n) is 10.1. The fraction of sp³-hybridized carbons (Fsp3) is 0.250. The molecule has 2 atom stereocenters. The molecule has 0 aromatic heterocycles. The van der Waals surface area contributed by atoms with Gasteiger partial charge in [0, 0.05) is 16.2 Å². The summed E-state index contributed by atoms with van der Waals surface area (Å²) in [6.07, 6.45) is 0.0276. The second kappa shape index (κ2) is 5.41. The Hall–Kier alpha value is -2.22. The van der Waals surface area contributed by atoms with Gasteiger partial charge >= 0.3 is 5.54 Å². The molecular weight excluding hydrogens is 284 g/mol. The fourth-order valence-electron chi connectivity index (χ4n) is 1.99. The molecule has 7 nitrogen and oxygen atoms in total. The van der Waals surface area contributed by atoms with E-state index >= 15 is 0 Å². The summed E-state index contributed by atoms with van der Waals surface area (Å²) >= 11 is 0.858. The van der Waals surface area contributed by atoms with Crippen LogP contribution in [0.25, 0.3) is 0 Å². The van der Waals surface area contributed by atoms with E-state index in [1.54, 1.807) is 6.07 Å². The minimum absolute atomic E-state index is 0.0175. The SMILES string of the molecule is O=CC(C(=O)C1CSC(=O)N1)(c1ccccc1)[N+](=O)[O-]. The summed E-state index contributed by atoms with van der Waals surface area (Å²) in [6, 6.07) is 6.29. The number of amides is 1. The van der Waals surface area contributed by atoms with Crippen molar-refractivity contribution in [1.29, 1.82) is 0 Å². The molecule has 1 fully saturated rings. The van der Waals surface area contributed by atoms with Crippen LogP contribution in [0.5, 0.6) is 0 Å². The number of aldehydes is 1. The van der Waals surface area contributed by atoms with Crippen LogP contribution in [0.1, 0.15) is 5.56 Å². The summed E-state index contributed by atoms with van der Waals surface area (Å²) in [7, 11) is 0. The Morgan fingerprint density at radius 2 is 2.10 bits per heavy atom. The lowest BCUT2D eigenvalue weighted by molar-refractivity contribution is -0.541. The van der Waals surface area contributed by atoms with Crippen LogP contribution in [0, 0.1) is 10.1 Å². The second-order valence-electron chi connectivity index (χ2n) is 4.17. The number of benzene rings is 1. The number of carbonyl (C=O) groups is 3. The molecule has 1 aromatic carbocycles. The van der Waals surface area contributed by atoms with E-state index in [0.29, 0.717) is 0 Å². The van der Waals surface area contributed by atoms with Gasteiger partial charge in [0.1, 0.15) is 6.04 Å². The van der Waals surface area contributed by atoms with Gasteiger partial charge in [-0.15, -0.1) is 0 Å². The third-order valence-corrected chi connectivity index (χ3v) is 3.92. The minimum Gasteiger partial charge on any atom is -0.336 e. The average Bonchev–Trinajstić information content (AvgIpc) is 2.87. The molecular formula is C12H10N2O5S. The van der Waals surface area contributed by atoms with Gasteiger partial charge in [-0.2, -0.15) is 0 Å². The monoisotopic (exact) mass is 294 g/mol. The number of hydrogen-bond donors (Lipinski definition) is 1. The molecule has 0 saturated carbocycles. The second-order valence-corrected chi connectivity index (χ2v) is 5.16. The van der Waals surface area contributed by atoms with Crippen LogP contribution in [0.4, 0.5) is 4.79 Å². The van der Waals surface area contributed by atoms with Crippen molar-refractivity contribution >= 4 is 29.1 Å². The van der Waals surface area contributed by atoms with E-state index in [0.717, 1.165) is 11.8 Å². The lowest BCUT2D eigenvalue weighted by Crippen LogP contribution is -2.53. The number of nitro groups is 1. The zero-order valence-corrected chi connectivity index (χ0v) is 11.0. The smallest absolute Gasteiger partial charge is 0.336 e. The maximum Gasteiger partial charge on any atom is 0.360 e. The van der Waals surface area contributed by atoms with Crippen LogP contribution in [0.2, 0.25) is 0 Å². The van der Waals surface area contributed by atoms with E-state index in [9.17, 15) is 24.5 Å². The van der Waals surface area contributed by atoms with Crippen LogP contribution >= 0.6 is 11.8 Å². The van der Waals surface area contributed by atoms with Gasteiger partial charge in [0.15, 0.2) is 0 Å². The molecule has 0 bridgehead atoms. The molecule has 0 aliphatic carbocycles. The van der Waals surface area contributed by atoms with E-state index in [-0.39, 0.29) is 17.6 Å². The lowest BCUT2D eigenvalue weighted by atomic mass is 9.84. The number of carbonyl (C=O) groups excluding carboxylic acids is 3. The lowest BCUT2D eigenvalue weighted by Gasteiger charge is -2.21. The predicted octanol–water partition coefficient (Wildman–Crippen LogP) is 0.752. The third kappa shape index (κ3) is 2.18. The first-order valence-electron chi connectivity index (χ1n) is 5.66. The van der Waals surface area contributed by atoms with E-state index < -0.39 is 27.5 Å². The van der Waals surface area contributed by atoms with Gasteiger partial charge in [0.2, 0.25) is 12.1 Å². The Morgan fingerprint density at radius 3 is 2.55 bits per heavy atom. The van der Waals surface area contributed by atoms with Crippen LogP contribution in [-0.4, -0.2) is 34.0 Å². The molecule has 1 saturated heterocycles. The fourth-order valence-corrected chi connectivity index (χ4v) is 2.77. The highest BCUT2D eigenvalue weighted by molar-refractivity contribution is 8.14. The molecule has 104 valence electrons. The quantitative estimate of drug-likeness (QED) is 0.372. The Bertz CT molecular complexity index is 576. The van der Waals surface area contributed by atoms with Gasteiger partial charge < -0.3 is 5.32 Å². The van der Waals surface area contributed by atoms with Crippen molar-refractivity contribution in [2.75, 3.05) is 5.75 Å². The first kappa shape index (κ1) is 14.2. The highest BCUT2D eigenvalue weighted by Crippen LogP contribution is 2.28. The van der Waals surface area contributed by atoms with Gasteiger partial charge in [0.05, 0.1) is 0 Å². The standard InChI is InChI=1S/C12H10N2O5S/c15-7-12(14(18)19,8-4-2-1-3-5-8)10(16)9-6-20-11(17)13-9/h1-5,7,9H,6H2,(H,13,17). The molecule has 0 radical (unpaired) electrons. The minimum atomic E-state index is -2.48. The number of thioether (sulfide) groups is 1. The topological polar surface area (TPSA) is 106 Å². The van der Waals surface area contributed by atoms with Crippen molar-refractivity contribution in [3.05, 3.63) is 46.0 Å². The van der Waals surface area contributed by atoms with Crippen LogP contribution < -0.4 is 5.32 Å². The third-order valence-electron chi connectivity index (χ3n) is 3.04. The molecule has 1 amide bonds. The molecule has 1 aromatic rings. The Kier molecular flexibility index (Phi) is 3.84. The van der Waals surface area contributed by atoms with Crippen LogP contribution in [-0.2, 0) is 15.1 Å². The van der Waals surface area contributed by atoms with E-state index in [4.69, 9.17) is 0 Å². The molecule has 1 N–H and O–H groups in total. The summed E-state index contributed by atoms with van der Waals surface area (Å²) in [5.41, 5.74) is -2.50. The highest BCUT2D eigenvalue weighted by Gasteiger charge is 2.56. The maximum absolute atomic E-state index is 12.4. The maximum atomic E-state index is 12.4. The number of nitrogens with one attached hydrogen (secondary N) is 1. The molecule has 1 aliphatic heterocycles. The van der Waals surface area contributed by atoms with Crippen molar-refractivity contribution in [2.24, 2.45) is 0 Å². The Morgan fingerprint density at radius 1 is 1.45 bits per heavy atom. The molecule has 2 unspecified atom stereocenters. The van der Waals surface area contributed by atoms with Crippen molar-refractivity contribution in [3.8, 4) is 0 Å². The molecule has 1 heterocycles. The molecule has 2 rings (SSSR count). The predicted molar refractivity (Wildman–Crippen MR) is 71.0 cm³/mol. The summed E-state index contributed by atoms with van der Waals surface area (Å²) in [5, 5.41) is 13.3. The van der Waals surface area contributed by atoms with Crippen molar-refractivity contribution in [1.82, 2.24) is 5.32 Å². The molecule has 0 spiro atoms. The van der Waals surface area contributed by atoms with E-state index in [2.05, 4.69) is 5.32 Å². The van der Waals surface area contributed by atoms with Crippen molar-refractivity contribution in [2.45, 2.75) is 11.6 Å². The van der Waals surface area contributed by atoms with Crippen molar-refractivity contribution < 1.29 is 19.3 Å². The number of nitrogens with zero attached hydrogens (tertiary/aromatic N) is 1. The Labute approximate surface area is 117 Å². The first-order valence-corrected chi connectivity index (χ1v) is 6.65. The van der Waals surface area contributed by atoms with Crippen molar-refractivity contribution in [3.63, 3.8) is 0 Å². The van der Waals surface area contributed by atoms with E-state index in [1.807, 2.05) is 0 Å². The summed E-state index contributed by atoms with van der Waals surface area (Å²) in [4.78, 5) is 45.3. The van der Waals surface area contributed by atoms with Gasteiger partial charge in [0.25, 0.3) is 5.24 Å². The summed E-state index contributed by atoms with van der Waals surface area (Å²) < 4.78 is 0. The van der Waals surface area contributed by atoms with Gasteiger partial charge in [-0.25, -0.2) is 0 Å². The number of ketones is 1. The first-order chi connectivity index (χ1) is 9.52. The van der Waals surface area contributed by atoms with Gasteiger partial charge in [-0.3, -0.25) is 24.5 Å². The number of hydrogen-bond acceptors (Lipinski definition) is 6. The van der Waals surface area contributed by atoms with Crippen LogP contribution in [0.15, 0.2) is 30.3 Å². The Balaban J connectivity index is 2.47. The largest absolute Gasteiger partial charge is 0.360 e. The van der Waals surface area contributed by atoms with Gasteiger partial charge in [-0.05, 0) is 0 Å². The average molecular weight is 294 g/mol. The molecule has 8 heteroatoms. The zero-order chi connectivity index (χ0) is 14.8. The van der Waals surface area contributed by atoms with E-state index in [1.165, 1.54) is 24.3 Å². The molecule has 1 aliphatic rings. The highest BCUT2D eigenvalue weighted by atomic mass is 32.2. The summed E-state index contributed by atoms with van der Waals surface area (Å²) in [5.74, 6) is -0.851. The normalized spacial score (nSPS) is 20.8.